The van der Waals surface area contributed by atoms with E-state index in [-0.39, 0.29) is 11.6 Å². The van der Waals surface area contributed by atoms with Crippen LogP contribution in [0, 0.1) is 11.6 Å². The second-order valence-electron chi connectivity index (χ2n) is 4.37. The normalized spacial score (nSPS) is 15.3. The molecule has 0 spiro atoms. The van der Waals surface area contributed by atoms with Gasteiger partial charge in [0.05, 0.1) is 5.56 Å². The van der Waals surface area contributed by atoms with Crippen LogP contribution in [0.15, 0.2) is 18.2 Å². The summed E-state index contributed by atoms with van der Waals surface area (Å²) in [5, 5.41) is 0.631. The Balaban J connectivity index is 2.24. The highest BCUT2D eigenvalue weighted by molar-refractivity contribution is 9.09. The van der Waals surface area contributed by atoms with Crippen molar-refractivity contribution in [2.24, 2.45) is 0 Å². The Bertz CT molecular complexity index is 449. The zero-order chi connectivity index (χ0) is 13.1. The van der Waals surface area contributed by atoms with Crippen LogP contribution in [0.3, 0.4) is 0 Å². The number of amides is 1. The molecule has 1 aromatic rings. The van der Waals surface area contributed by atoms with Crippen molar-refractivity contribution in [2.75, 3.05) is 11.9 Å². The van der Waals surface area contributed by atoms with Crippen LogP contribution in [0.4, 0.5) is 8.78 Å². The first-order valence-corrected chi connectivity index (χ1v) is 7.08. The van der Waals surface area contributed by atoms with Gasteiger partial charge in [0.25, 0.3) is 5.91 Å². The molecule has 0 heterocycles. The Kier molecular flexibility index (Phi) is 4.32. The Hall–Kier alpha value is -0.970. The molecule has 0 N–H and O–H groups in total. The van der Waals surface area contributed by atoms with Crippen molar-refractivity contribution in [3.05, 3.63) is 35.4 Å². The van der Waals surface area contributed by atoms with Crippen LogP contribution in [0.2, 0.25) is 0 Å². The molecule has 0 unspecified atom stereocenters. The lowest BCUT2D eigenvalue weighted by atomic mass is 9.91. The highest BCUT2D eigenvalue weighted by Crippen LogP contribution is 2.27. The molecule has 1 aromatic carbocycles. The van der Waals surface area contributed by atoms with Gasteiger partial charge in [-0.05, 0) is 31.4 Å². The molecule has 18 heavy (non-hydrogen) atoms. The van der Waals surface area contributed by atoms with E-state index in [1.807, 2.05) is 0 Å². The molecule has 1 amide bonds. The van der Waals surface area contributed by atoms with Gasteiger partial charge >= 0.3 is 0 Å². The molecule has 2 rings (SSSR count). The highest BCUT2D eigenvalue weighted by Gasteiger charge is 2.30. The highest BCUT2D eigenvalue weighted by atomic mass is 79.9. The largest absolute Gasteiger partial charge is 0.335 e. The maximum Gasteiger partial charge on any atom is 0.257 e. The van der Waals surface area contributed by atoms with Crippen LogP contribution >= 0.6 is 15.9 Å². The minimum absolute atomic E-state index is 0.165. The predicted molar refractivity (Wildman–Crippen MR) is 68.8 cm³/mol. The molecular formula is C13H14BrF2NO. The fraction of sp³-hybridized carbons (Fsp3) is 0.462. The molecule has 0 aromatic heterocycles. The van der Waals surface area contributed by atoms with Crippen molar-refractivity contribution in [1.82, 2.24) is 4.90 Å². The maximum absolute atomic E-state index is 13.6. The summed E-state index contributed by atoms with van der Waals surface area (Å²) in [6.45, 7) is 0.513. The van der Waals surface area contributed by atoms with Gasteiger partial charge in [0, 0.05) is 17.9 Å². The Labute approximate surface area is 113 Å². The molecule has 5 heteroatoms. The second kappa shape index (κ2) is 5.78. The van der Waals surface area contributed by atoms with Crippen molar-refractivity contribution in [1.29, 1.82) is 0 Å². The summed E-state index contributed by atoms with van der Waals surface area (Å²) in [4.78, 5) is 13.9. The molecule has 2 nitrogen and oxygen atoms in total. The standard InChI is InChI=1S/C13H14BrF2NO/c14-7-8-17(9-3-1-4-9)13(18)10-5-2-6-11(15)12(10)16/h2,5-6,9H,1,3-4,7-8H2. The van der Waals surface area contributed by atoms with E-state index >= 15 is 0 Å². The van der Waals surface area contributed by atoms with Crippen molar-refractivity contribution < 1.29 is 13.6 Å². The molecule has 1 saturated carbocycles. The minimum atomic E-state index is -1.05. The van der Waals surface area contributed by atoms with Crippen LogP contribution in [0.25, 0.3) is 0 Å². The summed E-state index contributed by atoms with van der Waals surface area (Å²) in [5.74, 6) is -2.45. The van der Waals surface area contributed by atoms with Gasteiger partial charge in [-0.3, -0.25) is 4.79 Å². The first-order valence-electron chi connectivity index (χ1n) is 5.96. The van der Waals surface area contributed by atoms with Crippen LogP contribution < -0.4 is 0 Å². The average molecular weight is 318 g/mol. The zero-order valence-electron chi connectivity index (χ0n) is 9.83. The van der Waals surface area contributed by atoms with Gasteiger partial charge in [0.2, 0.25) is 0 Å². The number of carbonyl (C=O) groups is 1. The lowest BCUT2D eigenvalue weighted by Crippen LogP contribution is -2.45. The lowest BCUT2D eigenvalue weighted by molar-refractivity contribution is 0.0593. The van der Waals surface area contributed by atoms with E-state index in [0.717, 1.165) is 25.3 Å². The fourth-order valence-electron chi connectivity index (χ4n) is 2.06. The van der Waals surface area contributed by atoms with Crippen LogP contribution in [0.1, 0.15) is 29.6 Å². The topological polar surface area (TPSA) is 20.3 Å². The molecule has 1 aliphatic rings. The summed E-state index contributed by atoms with van der Waals surface area (Å²) in [5.41, 5.74) is -0.178. The number of hydrogen-bond donors (Lipinski definition) is 0. The summed E-state index contributed by atoms with van der Waals surface area (Å²) < 4.78 is 26.7. The molecule has 1 fully saturated rings. The quantitative estimate of drug-likeness (QED) is 0.780. The lowest BCUT2D eigenvalue weighted by Gasteiger charge is -2.37. The number of halogens is 3. The molecule has 0 bridgehead atoms. The number of carbonyl (C=O) groups excluding carboxylic acids is 1. The number of hydrogen-bond acceptors (Lipinski definition) is 1. The van der Waals surface area contributed by atoms with Gasteiger partial charge in [-0.15, -0.1) is 0 Å². The average Bonchev–Trinajstić information content (AvgIpc) is 2.29. The first kappa shape index (κ1) is 13.5. The van der Waals surface area contributed by atoms with Crippen molar-refractivity contribution in [2.45, 2.75) is 25.3 Å². The SMILES string of the molecule is O=C(c1cccc(F)c1F)N(CCBr)C1CCC1. The third-order valence-electron chi connectivity index (χ3n) is 3.28. The molecule has 1 aliphatic carbocycles. The van der Waals surface area contributed by atoms with E-state index < -0.39 is 17.5 Å². The van der Waals surface area contributed by atoms with E-state index in [1.54, 1.807) is 4.90 Å². The van der Waals surface area contributed by atoms with E-state index in [2.05, 4.69) is 15.9 Å². The molecule has 0 radical (unpaired) electrons. The second-order valence-corrected chi connectivity index (χ2v) is 5.17. The Morgan fingerprint density at radius 1 is 1.39 bits per heavy atom. The zero-order valence-corrected chi connectivity index (χ0v) is 11.4. The minimum Gasteiger partial charge on any atom is -0.335 e. The van der Waals surface area contributed by atoms with Gasteiger partial charge in [0.1, 0.15) is 0 Å². The number of rotatable bonds is 4. The number of alkyl halides is 1. The number of benzene rings is 1. The Morgan fingerprint density at radius 2 is 2.11 bits per heavy atom. The number of nitrogens with zero attached hydrogens (tertiary/aromatic N) is 1. The monoisotopic (exact) mass is 317 g/mol. The summed E-state index contributed by atoms with van der Waals surface area (Å²) >= 11 is 3.28. The smallest absolute Gasteiger partial charge is 0.257 e. The van der Waals surface area contributed by atoms with E-state index in [9.17, 15) is 13.6 Å². The maximum atomic E-state index is 13.6. The van der Waals surface area contributed by atoms with Crippen LogP contribution in [-0.2, 0) is 0 Å². The first-order chi connectivity index (χ1) is 8.65. The van der Waals surface area contributed by atoms with E-state index in [0.29, 0.717) is 11.9 Å². The van der Waals surface area contributed by atoms with Crippen LogP contribution in [-0.4, -0.2) is 28.7 Å². The third-order valence-corrected chi connectivity index (χ3v) is 3.64. The van der Waals surface area contributed by atoms with Gasteiger partial charge in [-0.25, -0.2) is 8.78 Å². The predicted octanol–water partition coefficient (Wildman–Crippen LogP) is 3.35. The van der Waals surface area contributed by atoms with Gasteiger partial charge < -0.3 is 4.90 Å². The fourth-order valence-corrected chi connectivity index (χ4v) is 2.45. The molecule has 0 saturated heterocycles. The van der Waals surface area contributed by atoms with Crippen LogP contribution in [0.5, 0.6) is 0 Å². The van der Waals surface area contributed by atoms with E-state index in [1.165, 1.54) is 12.1 Å². The Morgan fingerprint density at radius 3 is 2.67 bits per heavy atom. The van der Waals surface area contributed by atoms with Gasteiger partial charge in [0.15, 0.2) is 11.6 Å². The van der Waals surface area contributed by atoms with Crippen molar-refractivity contribution in [3.63, 3.8) is 0 Å². The summed E-state index contributed by atoms with van der Waals surface area (Å²) in [7, 11) is 0. The van der Waals surface area contributed by atoms with E-state index in [4.69, 9.17) is 0 Å². The van der Waals surface area contributed by atoms with Crippen molar-refractivity contribution >= 4 is 21.8 Å². The third kappa shape index (κ3) is 2.55. The van der Waals surface area contributed by atoms with Crippen molar-refractivity contribution in [3.8, 4) is 0 Å². The van der Waals surface area contributed by atoms with Gasteiger partial charge in [-0.1, -0.05) is 22.0 Å². The molecule has 98 valence electrons. The summed E-state index contributed by atoms with van der Waals surface area (Å²) in [6.07, 6.45) is 2.97. The van der Waals surface area contributed by atoms with Gasteiger partial charge in [-0.2, -0.15) is 0 Å². The molecular weight excluding hydrogens is 304 g/mol. The molecule has 0 atom stereocenters. The molecule has 0 aliphatic heterocycles. The summed E-state index contributed by atoms with van der Waals surface area (Å²) in [6, 6.07) is 3.88.